The van der Waals surface area contributed by atoms with Crippen LogP contribution in [0.15, 0.2) is 48.5 Å². The number of amides is 1. The first-order chi connectivity index (χ1) is 11.1. The normalized spacial score (nSPS) is 10.5. The third-order valence-corrected chi connectivity index (χ3v) is 3.19. The molecule has 0 fully saturated rings. The zero-order chi connectivity index (χ0) is 16.2. The van der Waals surface area contributed by atoms with E-state index in [1.54, 1.807) is 18.2 Å². The molecule has 0 unspecified atom stereocenters. The Balaban J connectivity index is 1.68. The predicted octanol–water partition coefficient (Wildman–Crippen LogP) is 2.43. The van der Waals surface area contributed by atoms with Gasteiger partial charge in [0.25, 0.3) is 0 Å². The van der Waals surface area contributed by atoms with Crippen LogP contribution in [-0.2, 0) is 11.3 Å². The van der Waals surface area contributed by atoms with E-state index in [4.69, 9.17) is 0 Å². The van der Waals surface area contributed by atoms with E-state index in [9.17, 15) is 9.18 Å². The number of aromatic nitrogens is 4. The van der Waals surface area contributed by atoms with Gasteiger partial charge in [0.2, 0.25) is 11.7 Å². The van der Waals surface area contributed by atoms with Crippen LogP contribution in [0.25, 0.3) is 11.4 Å². The van der Waals surface area contributed by atoms with Gasteiger partial charge in [0.05, 0.1) is 5.56 Å². The molecule has 2 aromatic carbocycles. The van der Waals surface area contributed by atoms with Crippen molar-refractivity contribution in [3.8, 4) is 11.4 Å². The quantitative estimate of drug-likeness (QED) is 0.803. The maximum atomic E-state index is 13.7. The molecule has 0 radical (unpaired) electrons. The first kappa shape index (κ1) is 14.8. The van der Waals surface area contributed by atoms with Crippen LogP contribution >= 0.6 is 0 Å². The minimum atomic E-state index is -0.434. The minimum absolute atomic E-state index is 0.102. The lowest BCUT2D eigenvalue weighted by molar-refractivity contribution is -0.117. The topological polar surface area (TPSA) is 72.7 Å². The van der Waals surface area contributed by atoms with Gasteiger partial charge in [-0.25, -0.2) is 4.39 Å². The number of anilines is 1. The largest absolute Gasteiger partial charge is 0.324 e. The Morgan fingerprint density at radius 2 is 1.91 bits per heavy atom. The van der Waals surface area contributed by atoms with E-state index in [2.05, 4.69) is 20.7 Å². The number of hydrogen-bond acceptors (Lipinski definition) is 4. The summed E-state index contributed by atoms with van der Waals surface area (Å²) in [6, 6.07) is 13.6. The van der Waals surface area contributed by atoms with Gasteiger partial charge in [0.1, 0.15) is 12.4 Å². The van der Waals surface area contributed by atoms with Gasteiger partial charge in [0, 0.05) is 5.69 Å². The van der Waals surface area contributed by atoms with Crippen molar-refractivity contribution in [1.82, 2.24) is 20.2 Å². The summed E-state index contributed by atoms with van der Waals surface area (Å²) in [5.41, 5.74) is 2.04. The fourth-order valence-electron chi connectivity index (χ4n) is 2.03. The summed E-state index contributed by atoms with van der Waals surface area (Å²) in [4.78, 5) is 13.1. The van der Waals surface area contributed by atoms with Gasteiger partial charge in [-0.1, -0.05) is 29.8 Å². The van der Waals surface area contributed by atoms with Crippen LogP contribution in [0, 0.1) is 12.7 Å². The van der Waals surface area contributed by atoms with Crippen molar-refractivity contribution >= 4 is 11.6 Å². The first-order valence-electron chi connectivity index (χ1n) is 7.01. The van der Waals surface area contributed by atoms with Crippen molar-refractivity contribution < 1.29 is 9.18 Å². The maximum Gasteiger partial charge on any atom is 0.248 e. The van der Waals surface area contributed by atoms with Crippen molar-refractivity contribution in [3.63, 3.8) is 0 Å². The number of halogens is 1. The maximum absolute atomic E-state index is 13.7. The Morgan fingerprint density at radius 1 is 1.17 bits per heavy atom. The number of hydrogen-bond donors (Lipinski definition) is 1. The van der Waals surface area contributed by atoms with Gasteiger partial charge in [-0.3, -0.25) is 4.79 Å². The molecule has 1 N–H and O–H groups in total. The standard InChI is InChI=1S/C16H14FN5O/c1-11-6-8-12(9-7-11)18-15(23)10-22-20-16(19-21-22)13-4-2-3-5-14(13)17/h2-9H,10H2,1H3,(H,18,23). The molecule has 6 nitrogen and oxygen atoms in total. The van der Waals surface area contributed by atoms with E-state index in [1.807, 2.05) is 31.2 Å². The molecule has 0 atom stereocenters. The molecule has 7 heteroatoms. The predicted molar refractivity (Wildman–Crippen MR) is 83.0 cm³/mol. The van der Waals surface area contributed by atoms with Crippen LogP contribution in [0.3, 0.4) is 0 Å². The number of carbonyl (C=O) groups is 1. The highest BCUT2D eigenvalue weighted by atomic mass is 19.1. The van der Waals surface area contributed by atoms with Crippen LogP contribution in [0.1, 0.15) is 5.56 Å². The Hall–Kier alpha value is -3.09. The Labute approximate surface area is 132 Å². The second kappa shape index (κ2) is 6.35. The molecule has 0 aliphatic heterocycles. The van der Waals surface area contributed by atoms with E-state index < -0.39 is 5.82 Å². The number of nitrogens with one attached hydrogen (secondary N) is 1. The Bertz CT molecular complexity index is 828. The zero-order valence-corrected chi connectivity index (χ0v) is 12.4. The Morgan fingerprint density at radius 3 is 2.65 bits per heavy atom. The molecule has 1 aromatic heterocycles. The van der Waals surface area contributed by atoms with Crippen LogP contribution in [0.4, 0.5) is 10.1 Å². The SMILES string of the molecule is Cc1ccc(NC(=O)Cn2nnc(-c3ccccc3F)n2)cc1. The molecular weight excluding hydrogens is 297 g/mol. The lowest BCUT2D eigenvalue weighted by atomic mass is 10.2. The van der Waals surface area contributed by atoms with E-state index in [1.165, 1.54) is 6.07 Å². The van der Waals surface area contributed by atoms with Gasteiger partial charge in [-0.2, -0.15) is 4.80 Å². The summed E-state index contributed by atoms with van der Waals surface area (Å²) in [5.74, 6) is -0.575. The molecule has 0 aliphatic carbocycles. The van der Waals surface area contributed by atoms with Crippen LogP contribution in [-0.4, -0.2) is 26.1 Å². The number of benzene rings is 2. The van der Waals surface area contributed by atoms with Crippen molar-refractivity contribution in [2.75, 3.05) is 5.32 Å². The van der Waals surface area contributed by atoms with Gasteiger partial charge in [-0.15, -0.1) is 10.2 Å². The van der Waals surface area contributed by atoms with Crippen molar-refractivity contribution in [2.24, 2.45) is 0 Å². The number of rotatable bonds is 4. The molecular formula is C16H14FN5O. The number of nitrogens with zero attached hydrogens (tertiary/aromatic N) is 4. The first-order valence-corrected chi connectivity index (χ1v) is 7.01. The van der Waals surface area contributed by atoms with E-state index in [0.717, 1.165) is 10.4 Å². The lowest BCUT2D eigenvalue weighted by Gasteiger charge is -2.04. The third kappa shape index (κ3) is 3.57. The molecule has 1 heterocycles. The number of tetrazole rings is 1. The average molecular weight is 311 g/mol. The molecule has 3 aromatic rings. The highest BCUT2D eigenvalue weighted by Gasteiger charge is 2.12. The second-order valence-electron chi connectivity index (χ2n) is 5.04. The van der Waals surface area contributed by atoms with Crippen molar-refractivity contribution in [2.45, 2.75) is 13.5 Å². The fraction of sp³-hybridized carbons (Fsp3) is 0.125. The highest BCUT2D eigenvalue weighted by molar-refractivity contribution is 5.90. The molecule has 23 heavy (non-hydrogen) atoms. The monoisotopic (exact) mass is 311 g/mol. The number of aryl methyl sites for hydroxylation is 1. The van der Waals surface area contributed by atoms with E-state index in [-0.39, 0.29) is 23.8 Å². The molecule has 0 spiro atoms. The zero-order valence-electron chi connectivity index (χ0n) is 12.4. The minimum Gasteiger partial charge on any atom is -0.324 e. The van der Waals surface area contributed by atoms with E-state index in [0.29, 0.717) is 5.69 Å². The average Bonchev–Trinajstić information content (AvgIpc) is 2.98. The van der Waals surface area contributed by atoms with Crippen LogP contribution in [0.2, 0.25) is 0 Å². The molecule has 1 amide bonds. The summed E-state index contributed by atoms with van der Waals surface area (Å²) in [6.07, 6.45) is 0. The summed E-state index contributed by atoms with van der Waals surface area (Å²) in [5, 5.41) is 14.3. The molecule has 0 saturated carbocycles. The van der Waals surface area contributed by atoms with Gasteiger partial charge >= 0.3 is 0 Å². The summed E-state index contributed by atoms with van der Waals surface area (Å²) in [7, 11) is 0. The molecule has 0 saturated heterocycles. The molecule has 0 bridgehead atoms. The van der Waals surface area contributed by atoms with Gasteiger partial charge < -0.3 is 5.32 Å². The summed E-state index contributed by atoms with van der Waals surface area (Å²) in [6.45, 7) is 1.87. The van der Waals surface area contributed by atoms with Crippen LogP contribution in [0.5, 0.6) is 0 Å². The van der Waals surface area contributed by atoms with E-state index >= 15 is 0 Å². The second-order valence-corrected chi connectivity index (χ2v) is 5.04. The smallest absolute Gasteiger partial charge is 0.248 e. The third-order valence-electron chi connectivity index (χ3n) is 3.19. The fourth-order valence-corrected chi connectivity index (χ4v) is 2.03. The van der Waals surface area contributed by atoms with Crippen LogP contribution < -0.4 is 5.32 Å². The summed E-state index contributed by atoms with van der Waals surface area (Å²) < 4.78 is 13.7. The van der Waals surface area contributed by atoms with Gasteiger partial charge in [0.15, 0.2) is 0 Å². The number of carbonyl (C=O) groups excluding carboxylic acids is 1. The van der Waals surface area contributed by atoms with Crippen molar-refractivity contribution in [3.05, 3.63) is 59.9 Å². The molecule has 3 rings (SSSR count). The highest BCUT2D eigenvalue weighted by Crippen LogP contribution is 2.17. The van der Waals surface area contributed by atoms with Gasteiger partial charge in [-0.05, 0) is 36.4 Å². The Kier molecular flexibility index (Phi) is 4.09. The lowest BCUT2D eigenvalue weighted by Crippen LogP contribution is -2.20. The molecule has 116 valence electrons. The van der Waals surface area contributed by atoms with Crippen molar-refractivity contribution in [1.29, 1.82) is 0 Å². The summed E-state index contributed by atoms with van der Waals surface area (Å²) >= 11 is 0. The molecule has 0 aliphatic rings.